The second kappa shape index (κ2) is 16.7. The Morgan fingerprint density at radius 1 is 0.833 bits per heavy atom. The Balaban J connectivity index is 3.35. The number of carboxylic acids is 1. The fourth-order valence-electron chi connectivity index (χ4n) is 2.67. The van der Waals surface area contributed by atoms with Crippen molar-refractivity contribution in [1.29, 1.82) is 0 Å². The van der Waals surface area contributed by atoms with Crippen molar-refractivity contribution in [2.24, 2.45) is 5.73 Å². The van der Waals surface area contributed by atoms with Gasteiger partial charge in [-0.15, -0.1) is 0 Å². The Hall–Kier alpha value is -1.10. The van der Waals surface area contributed by atoms with Gasteiger partial charge in [0.15, 0.2) is 6.23 Å². The average molecular weight is 344 g/mol. The van der Waals surface area contributed by atoms with Gasteiger partial charge in [0.1, 0.15) is 0 Å². The van der Waals surface area contributed by atoms with Crippen molar-refractivity contribution < 1.29 is 19.4 Å². The molecule has 0 radical (unpaired) electrons. The van der Waals surface area contributed by atoms with Gasteiger partial charge >= 0.3 is 11.9 Å². The van der Waals surface area contributed by atoms with Crippen LogP contribution in [0.4, 0.5) is 0 Å². The van der Waals surface area contributed by atoms with Gasteiger partial charge in [-0.2, -0.15) is 0 Å². The number of carbonyl (C=O) groups is 2. The van der Waals surface area contributed by atoms with Gasteiger partial charge in [-0.1, -0.05) is 64.7 Å². The number of esters is 1. The molecule has 0 aliphatic heterocycles. The number of carboxylic acid groups (broad SMARTS) is 1. The summed E-state index contributed by atoms with van der Waals surface area (Å²) in [7, 11) is 0. The molecule has 0 aliphatic rings. The zero-order valence-electron chi connectivity index (χ0n) is 15.4. The van der Waals surface area contributed by atoms with Crippen LogP contribution in [-0.4, -0.2) is 23.3 Å². The lowest BCUT2D eigenvalue weighted by Crippen LogP contribution is -2.27. The van der Waals surface area contributed by atoms with E-state index in [1.54, 1.807) is 0 Å². The first kappa shape index (κ1) is 22.9. The van der Waals surface area contributed by atoms with E-state index >= 15 is 0 Å². The van der Waals surface area contributed by atoms with E-state index in [-0.39, 0.29) is 18.8 Å². The van der Waals surface area contributed by atoms with Gasteiger partial charge in [-0.3, -0.25) is 15.3 Å². The lowest BCUT2D eigenvalue weighted by Gasteiger charge is -2.13. The minimum absolute atomic E-state index is 0.0952. The SMILES string of the molecule is CCCCCCCCCCCCC(N)OC(=O)CCCCC(=O)O. The van der Waals surface area contributed by atoms with Gasteiger partial charge in [0, 0.05) is 12.8 Å². The first-order valence-electron chi connectivity index (χ1n) is 9.73. The number of hydrogen-bond donors (Lipinski definition) is 2. The molecule has 0 aliphatic carbocycles. The number of unbranched alkanes of at least 4 members (excludes halogenated alkanes) is 10. The van der Waals surface area contributed by atoms with Crippen molar-refractivity contribution in [2.75, 3.05) is 0 Å². The highest BCUT2D eigenvalue weighted by molar-refractivity contribution is 5.69. The van der Waals surface area contributed by atoms with E-state index in [1.807, 2.05) is 0 Å². The van der Waals surface area contributed by atoms with Crippen LogP contribution in [0.15, 0.2) is 0 Å². The van der Waals surface area contributed by atoms with E-state index in [1.165, 1.54) is 51.4 Å². The number of hydrogen-bond acceptors (Lipinski definition) is 4. The molecule has 5 nitrogen and oxygen atoms in total. The molecule has 0 aromatic carbocycles. The van der Waals surface area contributed by atoms with Crippen molar-refractivity contribution in [1.82, 2.24) is 0 Å². The molecule has 0 spiro atoms. The molecule has 0 fully saturated rings. The molecule has 1 unspecified atom stereocenters. The van der Waals surface area contributed by atoms with Crippen molar-refractivity contribution >= 4 is 11.9 Å². The van der Waals surface area contributed by atoms with Crippen LogP contribution < -0.4 is 5.73 Å². The Morgan fingerprint density at radius 2 is 1.33 bits per heavy atom. The van der Waals surface area contributed by atoms with Crippen molar-refractivity contribution in [3.05, 3.63) is 0 Å². The van der Waals surface area contributed by atoms with Crippen molar-refractivity contribution in [3.63, 3.8) is 0 Å². The Morgan fingerprint density at radius 3 is 1.88 bits per heavy atom. The summed E-state index contributed by atoms with van der Waals surface area (Å²) in [5.41, 5.74) is 5.80. The highest BCUT2D eigenvalue weighted by atomic mass is 16.6. The van der Waals surface area contributed by atoms with Crippen LogP contribution in [0.2, 0.25) is 0 Å². The average Bonchev–Trinajstić information content (AvgIpc) is 2.53. The topological polar surface area (TPSA) is 89.6 Å². The number of carbonyl (C=O) groups excluding carboxylic acids is 1. The quantitative estimate of drug-likeness (QED) is 0.225. The molecular weight excluding hydrogens is 306 g/mol. The highest BCUT2D eigenvalue weighted by Crippen LogP contribution is 2.12. The van der Waals surface area contributed by atoms with Crippen LogP contribution in [-0.2, 0) is 14.3 Å². The Bertz CT molecular complexity index is 320. The van der Waals surface area contributed by atoms with E-state index in [4.69, 9.17) is 15.6 Å². The summed E-state index contributed by atoms with van der Waals surface area (Å²) >= 11 is 0. The standard InChI is InChI=1S/C19H37NO4/c1-2-3-4-5-6-7-8-9-10-11-14-17(20)24-19(23)16-13-12-15-18(21)22/h17H,2-16,20H2,1H3,(H,21,22). The van der Waals surface area contributed by atoms with Gasteiger partial charge in [0.05, 0.1) is 0 Å². The molecule has 5 heteroatoms. The third-order valence-electron chi connectivity index (χ3n) is 4.15. The summed E-state index contributed by atoms with van der Waals surface area (Å²) in [5.74, 6) is -1.15. The monoisotopic (exact) mass is 343 g/mol. The molecule has 0 rings (SSSR count). The summed E-state index contributed by atoms with van der Waals surface area (Å²) in [6.45, 7) is 2.24. The van der Waals surface area contributed by atoms with Gasteiger partial charge in [0.2, 0.25) is 0 Å². The predicted octanol–water partition coefficient (Wildman–Crippen LogP) is 4.77. The second-order valence-corrected chi connectivity index (χ2v) is 6.60. The summed E-state index contributed by atoms with van der Waals surface area (Å²) in [5, 5.41) is 8.51. The Kier molecular flexibility index (Phi) is 16.0. The van der Waals surface area contributed by atoms with Crippen LogP contribution in [0.1, 0.15) is 103 Å². The lowest BCUT2D eigenvalue weighted by atomic mass is 10.1. The summed E-state index contributed by atoms with van der Waals surface area (Å²) in [6.07, 6.45) is 14.3. The van der Waals surface area contributed by atoms with E-state index in [2.05, 4.69) is 6.92 Å². The first-order chi connectivity index (χ1) is 11.6. The highest BCUT2D eigenvalue weighted by Gasteiger charge is 2.09. The first-order valence-corrected chi connectivity index (χ1v) is 9.73. The maximum absolute atomic E-state index is 11.5. The molecule has 0 aromatic heterocycles. The molecule has 0 heterocycles. The van der Waals surface area contributed by atoms with E-state index in [0.717, 1.165) is 12.8 Å². The molecule has 3 N–H and O–H groups in total. The normalized spacial score (nSPS) is 12.1. The van der Waals surface area contributed by atoms with E-state index in [9.17, 15) is 9.59 Å². The van der Waals surface area contributed by atoms with Crippen LogP contribution in [0.25, 0.3) is 0 Å². The van der Waals surface area contributed by atoms with Gasteiger partial charge < -0.3 is 9.84 Å². The number of aliphatic carboxylic acids is 1. The summed E-state index contributed by atoms with van der Waals surface area (Å²) < 4.78 is 5.13. The predicted molar refractivity (Wildman–Crippen MR) is 96.6 cm³/mol. The zero-order chi connectivity index (χ0) is 18.0. The smallest absolute Gasteiger partial charge is 0.307 e. The molecule has 0 amide bonds. The minimum atomic E-state index is -0.832. The molecule has 0 bridgehead atoms. The maximum Gasteiger partial charge on any atom is 0.307 e. The molecule has 0 saturated heterocycles. The van der Waals surface area contributed by atoms with E-state index in [0.29, 0.717) is 19.3 Å². The largest absolute Gasteiger partial charge is 0.481 e. The maximum atomic E-state index is 11.5. The van der Waals surface area contributed by atoms with Crippen molar-refractivity contribution in [2.45, 2.75) is 109 Å². The zero-order valence-corrected chi connectivity index (χ0v) is 15.4. The van der Waals surface area contributed by atoms with Gasteiger partial charge in [-0.05, 0) is 25.7 Å². The Labute approximate surface area is 147 Å². The fraction of sp³-hybridized carbons (Fsp3) is 0.895. The second-order valence-electron chi connectivity index (χ2n) is 6.60. The van der Waals surface area contributed by atoms with Gasteiger partial charge in [-0.25, -0.2) is 0 Å². The molecule has 24 heavy (non-hydrogen) atoms. The minimum Gasteiger partial charge on any atom is -0.481 e. The third kappa shape index (κ3) is 17.3. The lowest BCUT2D eigenvalue weighted by molar-refractivity contribution is -0.149. The van der Waals surface area contributed by atoms with Crippen LogP contribution in [0.5, 0.6) is 0 Å². The molecule has 0 aromatic rings. The van der Waals surface area contributed by atoms with Crippen molar-refractivity contribution in [3.8, 4) is 0 Å². The van der Waals surface area contributed by atoms with Gasteiger partial charge in [0.25, 0.3) is 0 Å². The molecule has 142 valence electrons. The number of nitrogens with two attached hydrogens (primary N) is 1. The molecule has 1 atom stereocenters. The molecular formula is C19H37NO4. The van der Waals surface area contributed by atoms with E-state index < -0.39 is 12.2 Å². The summed E-state index contributed by atoms with van der Waals surface area (Å²) in [6, 6.07) is 0. The number of rotatable bonds is 17. The molecule has 0 saturated carbocycles. The van der Waals surface area contributed by atoms with Crippen LogP contribution >= 0.6 is 0 Å². The summed E-state index contributed by atoms with van der Waals surface area (Å²) in [4.78, 5) is 21.9. The number of ether oxygens (including phenoxy) is 1. The fourth-order valence-corrected chi connectivity index (χ4v) is 2.67. The third-order valence-corrected chi connectivity index (χ3v) is 4.15. The van der Waals surface area contributed by atoms with Crippen LogP contribution in [0.3, 0.4) is 0 Å². The van der Waals surface area contributed by atoms with Crippen LogP contribution in [0, 0.1) is 0 Å².